The highest BCUT2D eigenvalue weighted by molar-refractivity contribution is 6.17. The minimum absolute atomic E-state index is 0.542. The Balaban J connectivity index is 1.80. The van der Waals surface area contributed by atoms with Gasteiger partial charge in [0.15, 0.2) is 0 Å². The maximum atomic E-state index is 5.79. The largest absolute Gasteiger partial charge is 0.355 e. The molecule has 1 aliphatic rings. The van der Waals surface area contributed by atoms with Gasteiger partial charge >= 0.3 is 0 Å². The molecule has 1 aromatic carbocycles. The van der Waals surface area contributed by atoms with Crippen molar-refractivity contribution in [3.63, 3.8) is 0 Å². The van der Waals surface area contributed by atoms with Gasteiger partial charge < -0.3 is 4.90 Å². The third-order valence-electron chi connectivity index (χ3n) is 3.47. The number of nitrogens with zero attached hydrogens (tertiary/aromatic N) is 3. The van der Waals surface area contributed by atoms with Gasteiger partial charge in [0, 0.05) is 24.5 Å². The topological polar surface area (TPSA) is 29.0 Å². The van der Waals surface area contributed by atoms with Crippen LogP contribution in [0.3, 0.4) is 0 Å². The van der Waals surface area contributed by atoms with E-state index < -0.39 is 0 Å². The third kappa shape index (κ3) is 2.71. The molecule has 3 rings (SSSR count). The summed E-state index contributed by atoms with van der Waals surface area (Å²) in [6, 6.07) is 8.13. The summed E-state index contributed by atoms with van der Waals surface area (Å²) in [5.41, 5.74) is 3.10. The molecule has 1 saturated heterocycles. The maximum absolute atomic E-state index is 5.79. The van der Waals surface area contributed by atoms with Crippen molar-refractivity contribution in [2.24, 2.45) is 0 Å². The van der Waals surface area contributed by atoms with E-state index in [0.717, 1.165) is 35.7 Å². The van der Waals surface area contributed by atoms with Crippen molar-refractivity contribution in [2.75, 3.05) is 18.0 Å². The van der Waals surface area contributed by atoms with Crippen LogP contribution in [0.5, 0.6) is 0 Å². The number of aromatic nitrogens is 2. The first-order valence-electron chi connectivity index (χ1n) is 6.59. The van der Waals surface area contributed by atoms with Gasteiger partial charge in [-0.2, -0.15) is 0 Å². The van der Waals surface area contributed by atoms with E-state index in [-0.39, 0.29) is 0 Å². The van der Waals surface area contributed by atoms with Crippen LogP contribution in [-0.2, 0) is 5.88 Å². The molecule has 2 heterocycles. The van der Waals surface area contributed by atoms with Gasteiger partial charge in [0.1, 0.15) is 5.82 Å². The van der Waals surface area contributed by atoms with Gasteiger partial charge in [-0.25, -0.2) is 4.98 Å². The van der Waals surface area contributed by atoms with Crippen LogP contribution in [0.1, 0.15) is 18.4 Å². The van der Waals surface area contributed by atoms with Crippen LogP contribution < -0.4 is 4.90 Å². The zero-order valence-electron chi connectivity index (χ0n) is 10.7. The number of rotatable bonds is 3. The molecule has 0 spiro atoms. The zero-order valence-corrected chi connectivity index (χ0v) is 11.5. The molecule has 1 aliphatic heterocycles. The third-order valence-corrected chi connectivity index (χ3v) is 3.78. The van der Waals surface area contributed by atoms with Gasteiger partial charge in [-0.1, -0.05) is 24.3 Å². The van der Waals surface area contributed by atoms with E-state index in [2.05, 4.69) is 14.9 Å². The predicted molar refractivity (Wildman–Crippen MR) is 78.5 cm³/mol. The molecule has 0 N–H and O–H groups in total. The first-order chi connectivity index (χ1) is 9.36. The molecule has 98 valence electrons. The summed E-state index contributed by atoms with van der Waals surface area (Å²) in [5, 5.41) is 0. The lowest BCUT2D eigenvalue weighted by Gasteiger charge is -2.15. The molecular formula is C15H16ClN3. The highest BCUT2D eigenvalue weighted by Crippen LogP contribution is 2.21. The second-order valence-electron chi connectivity index (χ2n) is 4.78. The summed E-state index contributed by atoms with van der Waals surface area (Å²) < 4.78 is 0. The van der Waals surface area contributed by atoms with Crippen LogP contribution >= 0.6 is 11.6 Å². The fourth-order valence-corrected chi connectivity index (χ4v) is 2.52. The van der Waals surface area contributed by atoms with E-state index in [1.165, 1.54) is 12.8 Å². The van der Waals surface area contributed by atoms with Crippen LogP contribution in [-0.4, -0.2) is 23.1 Å². The lowest BCUT2D eigenvalue weighted by molar-refractivity contribution is 0.927. The first kappa shape index (κ1) is 12.4. The van der Waals surface area contributed by atoms with Crippen LogP contribution in [0.25, 0.3) is 11.3 Å². The Morgan fingerprint density at radius 1 is 1.00 bits per heavy atom. The van der Waals surface area contributed by atoms with E-state index in [1.54, 1.807) is 0 Å². The second kappa shape index (κ2) is 5.57. The molecule has 4 heteroatoms. The molecule has 0 amide bonds. The highest BCUT2D eigenvalue weighted by atomic mass is 35.5. The van der Waals surface area contributed by atoms with Crippen molar-refractivity contribution in [3.05, 3.63) is 42.2 Å². The Morgan fingerprint density at radius 3 is 2.32 bits per heavy atom. The molecule has 1 fully saturated rings. The average Bonchev–Trinajstić information content (AvgIpc) is 3.02. The Labute approximate surface area is 118 Å². The number of halogens is 1. The number of hydrogen-bond acceptors (Lipinski definition) is 3. The molecule has 0 aliphatic carbocycles. The van der Waals surface area contributed by atoms with Crippen molar-refractivity contribution in [1.29, 1.82) is 0 Å². The molecule has 0 atom stereocenters. The number of hydrogen-bond donors (Lipinski definition) is 0. The maximum Gasteiger partial charge on any atom is 0.147 e. The molecule has 19 heavy (non-hydrogen) atoms. The Morgan fingerprint density at radius 2 is 1.74 bits per heavy atom. The Kier molecular flexibility index (Phi) is 3.65. The summed E-state index contributed by atoms with van der Waals surface area (Å²) >= 11 is 5.79. The minimum atomic E-state index is 0.542. The lowest BCUT2D eigenvalue weighted by atomic mass is 10.1. The standard InChI is InChI=1S/C15H16ClN3/c16-9-12-3-5-13(6-4-12)14-10-18-15(11-17-14)19-7-1-2-8-19/h3-6,10-11H,1-2,7-9H2. The van der Waals surface area contributed by atoms with Gasteiger partial charge in [-0.3, -0.25) is 4.98 Å². The van der Waals surface area contributed by atoms with Crippen LogP contribution in [0.4, 0.5) is 5.82 Å². The molecule has 0 bridgehead atoms. The van der Waals surface area contributed by atoms with Gasteiger partial charge in [0.2, 0.25) is 0 Å². The normalized spacial score (nSPS) is 14.9. The fraction of sp³-hybridized carbons (Fsp3) is 0.333. The number of benzene rings is 1. The van der Waals surface area contributed by atoms with Gasteiger partial charge in [-0.15, -0.1) is 11.6 Å². The molecule has 0 radical (unpaired) electrons. The SMILES string of the molecule is ClCc1ccc(-c2cnc(N3CCCC3)cn2)cc1. The van der Waals surface area contributed by atoms with Gasteiger partial charge in [0.05, 0.1) is 18.1 Å². The van der Waals surface area contributed by atoms with Crippen molar-refractivity contribution >= 4 is 17.4 Å². The second-order valence-corrected chi connectivity index (χ2v) is 5.05. The van der Waals surface area contributed by atoms with Crippen molar-refractivity contribution in [3.8, 4) is 11.3 Å². The molecule has 2 aromatic rings. The molecule has 1 aromatic heterocycles. The summed E-state index contributed by atoms with van der Waals surface area (Å²) in [5.74, 6) is 1.53. The monoisotopic (exact) mass is 273 g/mol. The highest BCUT2D eigenvalue weighted by Gasteiger charge is 2.13. The summed E-state index contributed by atoms with van der Waals surface area (Å²) in [7, 11) is 0. The molecular weight excluding hydrogens is 258 g/mol. The lowest BCUT2D eigenvalue weighted by Crippen LogP contribution is -2.19. The van der Waals surface area contributed by atoms with Crippen LogP contribution in [0, 0.1) is 0 Å². The molecule has 0 saturated carbocycles. The summed E-state index contributed by atoms with van der Waals surface area (Å²) in [4.78, 5) is 11.3. The van der Waals surface area contributed by atoms with Gasteiger partial charge in [-0.05, 0) is 18.4 Å². The van der Waals surface area contributed by atoms with E-state index in [0.29, 0.717) is 5.88 Å². The fourth-order valence-electron chi connectivity index (χ4n) is 2.34. The van der Waals surface area contributed by atoms with E-state index >= 15 is 0 Å². The van der Waals surface area contributed by atoms with Crippen molar-refractivity contribution in [2.45, 2.75) is 18.7 Å². The average molecular weight is 274 g/mol. The molecule has 3 nitrogen and oxygen atoms in total. The molecule has 0 unspecified atom stereocenters. The van der Waals surface area contributed by atoms with Gasteiger partial charge in [0.25, 0.3) is 0 Å². The zero-order chi connectivity index (χ0) is 13.1. The Bertz CT molecular complexity index is 530. The Hall–Kier alpha value is -1.61. The van der Waals surface area contributed by atoms with E-state index in [9.17, 15) is 0 Å². The quantitative estimate of drug-likeness (QED) is 0.802. The van der Waals surface area contributed by atoms with Crippen LogP contribution in [0.2, 0.25) is 0 Å². The smallest absolute Gasteiger partial charge is 0.147 e. The summed E-state index contributed by atoms with van der Waals surface area (Å²) in [6.07, 6.45) is 6.23. The van der Waals surface area contributed by atoms with Crippen LogP contribution in [0.15, 0.2) is 36.7 Å². The number of alkyl halides is 1. The number of anilines is 1. The van der Waals surface area contributed by atoms with E-state index in [4.69, 9.17) is 11.6 Å². The van der Waals surface area contributed by atoms with E-state index in [1.807, 2.05) is 36.7 Å². The van der Waals surface area contributed by atoms with Crippen molar-refractivity contribution < 1.29 is 0 Å². The first-order valence-corrected chi connectivity index (χ1v) is 7.12. The van der Waals surface area contributed by atoms with Crippen molar-refractivity contribution in [1.82, 2.24) is 9.97 Å². The predicted octanol–water partition coefficient (Wildman–Crippen LogP) is 3.48. The minimum Gasteiger partial charge on any atom is -0.355 e. The summed E-state index contributed by atoms with van der Waals surface area (Å²) in [6.45, 7) is 2.19.